The van der Waals surface area contributed by atoms with E-state index in [0.717, 1.165) is 31.2 Å². The van der Waals surface area contributed by atoms with Crippen molar-refractivity contribution < 1.29 is 18.3 Å². The molecule has 3 aromatic heterocycles. The van der Waals surface area contributed by atoms with E-state index in [9.17, 15) is 13.6 Å². The van der Waals surface area contributed by atoms with Crippen LogP contribution in [0.25, 0.3) is 16.9 Å². The second-order valence-corrected chi connectivity index (χ2v) is 10.6. The normalized spacial score (nSPS) is 19.6. The number of hydrogen-bond donors (Lipinski definition) is 2. The van der Waals surface area contributed by atoms with Gasteiger partial charge in [-0.3, -0.25) is 9.69 Å². The van der Waals surface area contributed by atoms with Crippen LogP contribution in [0.4, 0.5) is 13.8 Å². The average Bonchev–Trinajstić information content (AvgIpc) is 3.63. The number of hydrogen-bond acceptors (Lipinski definition) is 8. The number of halogens is 3. The molecule has 9 nitrogen and oxygen atoms in total. The van der Waals surface area contributed by atoms with Gasteiger partial charge in [-0.1, -0.05) is 22.9 Å². The van der Waals surface area contributed by atoms with Gasteiger partial charge >= 0.3 is 6.61 Å². The first-order valence-electron chi connectivity index (χ1n) is 11.7. The molecule has 0 bridgehead atoms. The molecule has 37 heavy (non-hydrogen) atoms. The van der Waals surface area contributed by atoms with Gasteiger partial charge in [-0.25, -0.2) is 14.5 Å². The zero-order valence-electron chi connectivity index (χ0n) is 19.4. The van der Waals surface area contributed by atoms with Gasteiger partial charge in [-0.05, 0) is 49.2 Å². The van der Waals surface area contributed by atoms with Crippen LogP contribution in [0, 0.1) is 11.8 Å². The molecule has 192 valence electrons. The molecule has 2 aliphatic rings. The van der Waals surface area contributed by atoms with Crippen molar-refractivity contribution in [2.75, 3.05) is 31.5 Å². The average molecular weight is 546 g/mol. The summed E-state index contributed by atoms with van der Waals surface area (Å²) in [7, 11) is 0. The quantitative estimate of drug-likeness (QED) is 0.362. The van der Waals surface area contributed by atoms with Gasteiger partial charge in [0, 0.05) is 36.1 Å². The Kier molecular flexibility index (Phi) is 6.49. The minimum atomic E-state index is -3.03. The molecule has 0 spiro atoms. The molecular weight excluding hydrogens is 524 g/mol. The summed E-state index contributed by atoms with van der Waals surface area (Å²) in [4.78, 5) is 24.6. The minimum absolute atomic E-state index is 0.0776. The van der Waals surface area contributed by atoms with E-state index in [2.05, 4.69) is 25.6 Å². The maximum absolute atomic E-state index is 13.3. The summed E-state index contributed by atoms with van der Waals surface area (Å²) in [5.74, 6) is 0.706. The maximum atomic E-state index is 13.3. The minimum Gasteiger partial charge on any atom is -0.434 e. The van der Waals surface area contributed by atoms with Crippen molar-refractivity contribution in [3.05, 3.63) is 58.4 Å². The predicted molar refractivity (Wildman–Crippen MR) is 135 cm³/mol. The van der Waals surface area contributed by atoms with Crippen LogP contribution in [0.3, 0.4) is 0 Å². The zero-order chi connectivity index (χ0) is 25.5. The lowest BCUT2D eigenvalue weighted by atomic mass is 10.0. The standard InChI is InChI=1S/C24H22ClF2N7O2S/c25-15-2-3-18(36-24(26)27)16(6-15)20-23(32-22(35)17-9-30-34-5-1-4-29-21(17)34)37-19(31-20)12-33-10-13-7-28-8-14(13)11-33/h1-6,9,13-14,24,28H,7-8,10-12H2,(H,32,35)/t13-,14?/m0/s1. The van der Waals surface area contributed by atoms with E-state index in [-0.39, 0.29) is 16.9 Å². The molecule has 2 saturated heterocycles. The number of thiazole rings is 1. The summed E-state index contributed by atoms with van der Waals surface area (Å²) < 4.78 is 32.6. The Morgan fingerprint density at radius 2 is 2.11 bits per heavy atom. The van der Waals surface area contributed by atoms with Crippen molar-refractivity contribution in [2.24, 2.45) is 11.8 Å². The molecule has 2 atom stereocenters. The van der Waals surface area contributed by atoms with Gasteiger partial charge in [0.1, 0.15) is 27.0 Å². The van der Waals surface area contributed by atoms with E-state index in [4.69, 9.17) is 21.3 Å². The zero-order valence-corrected chi connectivity index (χ0v) is 21.0. The van der Waals surface area contributed by atoms with Gasteiger partial charge in [0.2, 0.25) is 0 Å². The number of carbonyl (C=O) groups excluding carboxylic acids is 1. The lowest BCUT2D eigenvalue weighted by molar-refractivity contribution is -0.0494. The van der Waals surface area contributed by atoms with Gasteiger partial charge < -0.3 is 15.4 Å². The van der Waals surface area contributed by atoms with Crippen LogP contribution in [-0.2, 0) is 6.54 Å². The monoisotopic (exact) mass is 545 g/mol. The SMILES string of the molecule is O=C(Nc1sc(CN2CC3CNC[C@H]3C2)nc1-c1cc(Cl)ccc1OC(F)F)c1cnn2cccnc12. The van der Waals surface area contributed by atoms with E-state index in [1.54, 1.807) is 18.5 Å². The fourth-order valence-electron chi connectivity index (χ4n) is 5.02. The number of ether oxygens (including phenoxy) is 1. The van der Waals surface area contributed by atoms with Crippen LogP contribution in [0.5, 0.6) is 5.75 Å². The van der Waals surface area contributed by atoms with Crippen LogP contribution in [0.15, 0.2) is 42.9 Å². The highest BCUT2D eigenvalue weighted by Crippen LogP contribution is 2.41. The molecule has 0 radical (unpaired) electrons. The van der Waals surface area contributed by atoms with Crippen molar-refractivity contribution in [3.8, 4) is 17.0 Å². The fraction of sp³-hybridized carbons (Fsp3) is 0.333. The number of likely N-dealkylation sites (tertiary alicyclic amines) is 1. The van der Waals surface area contributed by atoms with Gasteiger partial charge in [0.15, 0.2) is 5.65 Å². The van der Waals surface area contributed by atoms with Gasteiger partial charge in [-0.2, -0.15) is 13.9 Å². The Bertz CT molecular complexity index is 1450. The molecular formula is C24H22ClF2N7O2S. The summed E-state index contributed by atoms with van der Waals surface area (Å²) in [6.07, 6.45) is 4.70. The molecule has 0 aliphatic carbocycles. The third-order valence-electron chi connectivity index (χ3n) is 6.66. The van der Waals surface area contributed by atoms with Crippen molar-refractivity contribution in [1.29, 1.82) is 0 Å². The molecule has 2 N–H and O–H groups in total. The molecule has 1 aromatic carbocycles. The molecule has 1 amide bonds. The molecule has 4 aromatic rings. The molecule has 6 rings (SSSR count). The van der Waals surface area contributed by atoms with E-state index >= 15 is 0 Å². The summed E-state index contributed by atoms with van der Waals surface area (Å²) in [6.45, 7) is 1.49. The smallest absolute Gasteiger partial charge is 0.387 e. The molecule has 2 fully saturated rings. The third-order valence-corrected chi connectivity index (χ3v) is 7.85. The van der Waals surface area contributed by atoms with Crippen molar-refractivity contribution in [1.82, 2.24) is 29.8 Å². The topological polar surface area (TPSA) is 96.7 Å². The van der Waals surface area contributed by atoms with Crippen LogP contribution in [0.2, 0.25) is 5.02 Å². The summed E-state index contributed by atoms with van der Waals surface area (Å²) >= 11 is 7.52. The van der Waals surface area contributed by atoms with Crippen molar-refractivity contribution in [3.63, 3.8) is 0 Å². The number of carbonyl (C=O) groups is 1. The van der Waals surface area contributed by atoms with Crippen molar-refractivity contribution in [2.45, 2.75) is 13.2 Å². The highest BCUT2D eigenvalue weighted by atomic mass is 35.5. The highest BCUT2D eigenvalue weighted by Gasteiger charge is 2.36. The molecule has 2 aliphatic heterocycles. The third kappa shape index (κ3) is 4.89. The molecule has 1 unspecified atom stereocenters. The number of aromatic nitrogens is 4. The van der Waals surface area contributed by atoms with Crippen LogP contribution >= 0.6 is 22.9 Å². The van der Waals surface area contributed by atoms with E-state index < -0.39 is 12.5 Å². The van der Waals surface area contributed by atoms with E-state index in [0.29, 0.717) is 39.7 Å². The second kappa shape index (κ2) is 9.93. The van der Waals surface area contributed by atoms with E-state index in [1.165, 1.54) is 40.2 Å². The molecule has 13 heteroatoms. The second-order valence-electron chi connectivity index (χ2n) is 9.08. The Balaban J connectivity index is 1.35. The van der Waals surface area contributed by atoms with E-state index in [1.807, 2.05) is 0 Å². The Hall–Kier alpha value is -3.19. The summed E-state index contributed by atoms with van der Waals surface area (Å²) in [5, 5.41) is 12.0. The fourth-order valence-corrected chi connectivity index (χ4v) is 6.20. The van der Waals surface area contributed by atoms with Gasteiger partial charge in [0.05, 0.1) is 12.7 Å². The largest absolute Gasteiger partial charge is 0.434 e. The number of nitrogens with zero attached hydrogens (tertiary/aromatic N) is 5. The van der Waals surface area contributed by atoms with Crippen LogP contribution in [0.1, 0.15) is 15.4 Å². The number of fused-ring (bicyclic) bond motifs is 2. The Morgan fingerprint density at radius 3 is 2.89 bits per heavy atom. The lowest BCUT2D eigenvalue weighted by Crippen LogP contribution is -2.25. The maximum Gasteiger partial charge on any atom is 0.387 e. The number of rotatable bonds is 7. The highest BCUT2D eigenvalue weighted by molar-refractivity contribution is 7.16. The Labute approximate surface area is 219 Å². The Morgan fingerprint density at radius 1 is 1.30 bits per heavy atom. The lowest BCUT2D eigenvalue weighted by Gasteiger charge is -2.14. The van der Waals surface area contributed by atoms with Crippen molar-refractivity contribution >= 4 is 39.5 Å². The predicted octanol–water partition coefficient (Wildman–Crippen LogP) is 4.01. The first-order chi connectivity index (χ1) is 17.9. The molecule has 5 heterocycles. The van der Waals surface area contributed by atoms with Gasteiger partial charge in [0.25, 0.3) is 5.91 Å². The number of anilines is 1. The van der Waals surface area contributed by atoms with Crippen LogP contribution in [-0.4, -0.2) is 63.2 Å². The molecule has 0 saturated carbocycles. The van der Waals surface area contributed by atoms with Crippen LogP contribution < -0.4 is 15.4 Å². The number of benzene rings is 1. The number of amides is 1. The van der Waals surface area contributed by atoms with Gasteiger partial charge in [-0.15, -0.1) is 0 Å². The first-order valence-corrected chi connectivity index (χ1v) is 12.9. The first kappa shape index (κ1) is 24.2. The summed E-state index contributed by atoms with van der Waals surface area (Å²) in [5.41, 5.74) is 1.26. The number of alkyl halides is 2. The summed E-state index contributed by atoms with van der Waals surface area (Å²) in [6, 6.07) is 6.06. The number of nitrogens with one attached hydrogen (secondary N) is 2.